The smallest absolute Gasteiger partial charge is 0.261 e. The van der Waals surface area contributed by atoms with E-state index in [0.717, 1.165) is 41.9 Å². The molecule has 0 bridgehead atoms. The van der Waals surface area contributed by atoms with E-state index in [4.69, 9.17) is 11.6 Å². The summed E-state index contributed by atoms with van der Waals surface area (Å²) in [5.41, 5.74) is 3.19. The number of thiophene rings is 1. The molecule has 0 radical (unpaired) electrons. The molecule has 5 nitrogen and oxygen atoms in total. The van der Waals surface area contributed by atoms with Crippen LogP contribution in [0.15, 0.2) is 36.5 Å². The lowest BCUT2D eigenvalue weighted by atomic mass is 10.1. The summed E-state index contributed by atoms with van der Waals surface area (Å²) < 4.78 is 3.15. The molecule has 152 valence electrons. The number of halogens is 2. The van der Waals surface area contributed by atoms with Gasteiger partial charge in [-0.25, -0.2) is 0 Å². The molecule has 0 saturated carbocycles. The number of nitrogens with one attached hydrogen (secondary N) is 2. The van der Waals surface area contributed by atoms with E-state index >= 15 is 0 Å². The van der Waals surface area contributed by atoms with Gasteiger partial charge in [0.15, 0.2) is 0 Å². The Hall–Kier alpha value is -1.42. The Balaban J connectivity index is 1.55. The van der Waals surface area contributed by atoms with Gasteiger partial charge in [-0.1, -0.05) is 23.7 Å². The standard InChI is InChI=1S/C21H22ClIN4OS/c1-24-11-15(9-13-4-2-5-14(23)8-13)26-21(28)19-10-16-18(29-19)6-3-7-27-20(16)17(22)12-25-27/h2,4-5,8,10,12,15,24H,3,6-7,9,11H2,1H3,(H,26,28). The number of benzene rings is 1. The minimum atomic E-state index is -0.0314. The number of aryl methyl sites for hydroxylation is 2. The predicted molar refractivity (Wildman–Crippen MR) is 127 cm³/mol. The van der Waals surface area contributed by atoms with Crippen molar-refractivity contribution < 1.29 is 4.79 Å². The Morgan fingerprint density at radius 3 is 3.07 bits per heavy atom. The van der Waals surface area contributed by atoms with E-state index in [1.165, 1.54) is 14.0 Å². The fourth-order valence-electron chi connectivity index (χ4n) is 3.74. The van der Waals surface area contributed by atoms with Crippen LogP contribution in [0.3, 0.4) is 0 Å². The summed E-state index contributed by atoms with van der Waals surface area (Å²) in [5, 5.41) is 11.4. The van der Waals surface area contributed by atoms with Crippen molar-refractivity contribution in [3.8, 4) is 11.3 Å². The normalized spacial score (nSPS) is 14.0. The van der Waals surface area contributed by atoms with Gasteiger partial charge in [0.25, 0.3) is 5.91 Å². The molecule has 1 unspecified atom stereocenters. The van der Waals surface area contributed by atoms with Crippen LogP contribution in [-0.2, 0) is 19.4 Å². The van der Waals surface area contributed by atoms with Crippen molar-refractivity contribution in [1.82, 2.24) is 20.4 Å². The Kier molecular flexibility index (Phi) is 6.58. The monoisotopic (exact) mass is 540 g/mol. The van der Waals surface area contributed by atoms with Gasteiger partial charge in [0.2, 0.25) is 0 Å². The second kappa shape index (κ2) is 9.16. The molecule has 1 aliphatic heterocycles. The van der Waals surface area contributed by atoms with Crippen molar-refractivity contribution in [2.24, 2.45) is 0 Å². The van der Waals surface area contributed by atoms with E-state index in [0.29, 0.717) is 11.6 Å². The predicted octanol–water partition coefficient (Wildman–Crippen LogP) is 4.38. The van der Waals surface area contributed by atoms with Gasteiger partial charge < -0.3 is 10.6 Å². The maximum atomic E-state index is 13.0. The molecular formula is C21H22ClIN4OS. The second-order valence-electron chi connectivity index (χ2n) is 7.18. The first kappa shape index (κ1) is 20.8. The van der Waals surface area contributed by atoms with Gasteiger partial charge >= 0.3 is 0 Å². The minimum Gasteiger partial charge on any atom is -0.347 e. The average molecular weight is 541 g/mol. The Labute approximate surface area is 193 Å². The highest BCUT2D eigenvalue weighted by Gasteiger charge is 2.24. The zero-order chi connectivity index (χ0) is 20.4. The molecule has 1 aliphatic rings. The molecule has 0 fully saturated rings. The lowest BCUT2D eigenvalue weighted by Crippen LogP contribution is -2.42. The Morgan fingerprint density at radius 2 is 2.28 bits per heavy atom. The highest BCUT2D eigenvalue weighted by molar-refractivity contribution is 14.1. The van der Waals surface area contributed by atoms with Crippen LogP contribution in [0.2, 0.25) is 5.02 Å². The number of likely N-dealkylation sites (N-methyl/N-ethyl adjacent to an activating group) is 1. The number of aromatic nitrogens is 2. The number of carbonyl (C=O) groups is 1. The fourth-order valence-corrected chi connectivity index (χ4v) is 5.70. The molecule has 2 N–H and O–H groups in total. The lowest BCUT2D eigenvalue weighted by molar-refractivity contribution is 0.0941. The largest absolute Gasteiger partial charge is 0.347 e. The fraction of sp³-hybridized carbons (Fsp3) is 0.333. The van der Waals surface area contributed by atoms with Crippen LogP contribution < -0.4 is 10.6 Å². The van der Waals surface area contributed by atoms with Gasteiger partial charge in [0.05, 0.1) is 21.8 Å². The molecule has 8 heteroatoms. The molecule has 1 amide bonds. The summed E-state index contributed by atoms with van der Waals surface area (Å²) in [6, 6.07) is 10.4. The van der Waals surface area contributed by atoms with E-state index < -0.39 is 0 Å². The van der Waals surface area contributed by atoms with Crippen LogP contribution in [0.25, 0.3) is 11.3 Å². The van der Waals surface area contributed by atoms with Crippen LogP contribution in [0.4, 0.5) is 0 Å². The number of carbonyl (C=O) groups excluding carboxylic acids is 1. The topological polar surface area (TPSA) is 58.9 Å². The summed E-state index contributed by atoms with van der Waals surface area (Å²) in [6.07, 6.45) is 4.41. The molecule has 1 aromatic carbocycles. The quantitative estimate of drug-likeness (QED) is 0.457. The zero-order valence-electron chi connectivity index (χ0n) is 16.0. The Morgan fingerprint density at radius 1 is 1.41 bits per heavy atom. The first-order valence-corrected chi connectivity index (χ1v) is 11.9. The SMILES string of the molecule is CNCC(Cc1cccc(I)c1)NC(=O)c1cc2c(s1)CCCn1ncc(Cl)c1-2. The summed E-state index contributed by atoms with van der Waals surface area (Å²) in [6.45, 7) is 1.56. The van der Waals surface area contributed by atoms with Crippen molar-refractivity contribution in [2.75, 3.05) is 13.6 Å². The molecule has 0 saturated heterocycles. The van der Waals surface area contributed by atoms with Crippen LogP contribution in [-0.4, -0.2) is 35.3 Å². The molecule has 2 aromatic heterocycles. The third-order valence-corrected chi connectivity index (χ3v) is 7.15. The van der Waals surface area contributed by atoms with Crippen LogP contribution in [0.5, 0.6) is 0 Å². The molecule has 0 aliphatic carbocycles. The number of rotatable bonds is 6. The third-order valence-electron chi connectivity index (χ3n) is 5.01. The molecule has 4 rings (SSSR count). The number of hydrogen-bond acceptors (Lipinski definition) is 4. The number of amides is 1. The first-order chi connectivity index (χ1) is 14.0. The van der Waals surface area contributed by atoms with Crippen LogP contribution in [0.1, 0.15) is 26.5 Å². The maximum absolute atomic E-state index is 13.0. The molecule has 1 atom stereocenters. The summed E-state index contributed by atoms with van der Waals surface area (Å²) in [7, 11) is 1.91. The maximum Gasteiger partial charge on any atom is 0.261 e. The third kappa shape index (κ3) is 4.68. The van der Waals surface area contributed by atoms with Crippen molar-refractivity contribution in [2.45, 2.75) is 31.8 Å². The summed E-state index contributed by atoms with van der Waals surface area (Å²) in [5.74, 6) is -0.0314. The molecule has 0 spiro atoms. The van der Waals surface area contributed by atoms with Gasteiger partial charge in [0.1, 0.15) is 0 Å². The van der Waals surface area contributed by atoms with E-state index in [1.54, 1.807) is 17.5 Å². The summed E-state index contributed by atoms with van der Waals surface area (Å²) >= 11 is 10.3. The first-order valence-electron chi connectivity index (χ1n) is 9.59. The van der Waals surface area contributed by atoms with Gasteiger partial charge in [-0.3, -0.25) is 9.48 Å². The highest BCUT2D eigenvalue weighted by atomic mass is 127. The average Bonchev–Trinajstić information content (AvgIpc) is 3.21. The van der Waals surface area contributed by atoms with Gasteiger partial charge in [0, 0.05) is 33.1 Å². The van der Waals surface area contributed by atoms with Gasteiger partial charge in [-0.2, -0.15) is 5.10 Å². The van der Waals surface area contributed by atoms with E-state index in [1.807, 2.05) is 17.8 Å². The van der Waals surface area contributed by atoms with Crippen LogP contribution >= 0.6 is 45.5 Å². The Bertz CT molecular complexity index is 1030. The molecule has 3 aromatic rings. The summed E-state index contributed by atoms with van der Waals surface area (Å²) in [4.78, 5) is 15.0. The highest BCUT2D eigenvalue weighted by Crippen LogP contribution is 2.38. The number of fused-ring (bicyclic) bond motifs is 3. The number of nitrogens with zero attached hydrogens (tertiary/aromatic N) is 2. The van der Waals surface area contributed by atoms with Crippen molar-refractivity contribution in [3.05, 3.63) is 60.4 Å². The minimum absolute atomic E-state index is 0.0155. The molecule has 3 heterocycles. The number of hydrogen-bond donors (Lipinski definition) is 2. The van der Waals surface area contributed by atoms with E-state index in [2.05, 4.69) is 62.6 Å². The lowest BCUT2D eigenvalue weighted by Gasteiger charge is -2.18. The zero-order valence-corrected chi connectivity index (χ0v) is 19.8. The molecular weight excluding hydrogens is 519 g/mol. The second-order valence-corrected chi connectivity index (χ2v) is 9.97. The van der Waals surface area contributed by atoms with E-state index in [-0.39, 0.29) is 11.9 Å². The van der Waals surface area contributed by atoms with Gasteiger partial charge in [-0.05, 0) is 72.7 Å². The van der Waals surface area contributed by atoms with Crippen molar-refractivity contribution in [1.29, 1.82) is 0 Å². The van der Waals surface area contributed by atoms with Crippen molar-refractivity contribution in [3.63, 3.8) is 0 Å². The van der Waals surface area contributed by atoms with Gasteiger partial charge in [-0.15, -0.1) is 11.3 Å². The van der Waals surface area contributed by atoms with Crippen LogP contribution in [0, 0.1) is 3.57 Å². The molecule has 29 heavy (non-hydrogen) atoms. The van der Waals surface area contributed by atoms with E-state index in [9.17, 15) is 4.79 Å². The van der Waals surface area contributed by atoms with Crippen molar-refractivity contribution >= 4 is 51.4 Å².